The number of nitrogens with two attached hydrogens (primary N) is 1. The predicted octanol–water partition coefficient (Wildman–Crippen LogP) is 2.02. The molecule has 1 aromatic rings. The summed E-state index contributed by atoms with van der Waals surface area (Å²) in [5.41, 5.74) is 5.83. The van der Waals surface area contributed by atoms with Crippen molar-refractivity contribution in [1.29, 1.82) is 0 Å². The van der Waals surface area contributed by atoms with Gasteiger partial charge in [0.1, 0.15) is 11.4 Å². The number of hydrogen-bond acceptors (Lipinski definition) is 3. The van der Waals surface area contributed by atoms with Gasteiger partial charge in [0.25, 0.3) is 0 Å². The number of ether oxygens (including phenoxy) is 1. The maximum atomic E-state index is 13.6. The molecule has 0 aromatic heterocycles. The lowest BCUT2D eigenvalue weighted by Gasteiger charge is -2.65. The molecule has 0 bridgehead atoms. The van der Waals surface area contributed by atoms with E-state index in [2.05, 4.69) is 5.32 Å². The van der Waals surface area contributed by atoms with Crippen molar-refractivity contribution >= 4 is 5.91 Å². The Hall–Kier alpha value is -1.46. The number of benzene rings is 1. The molecular weight excluding hydrogens is 295 g/mol. The molecule has 2 aliphatic rings. The summed E-state index contributed by atoms with van der Waals surface area (Å²) in [4.78, 5) is 12.7. The Morgan fingerprint density at radius 1 is 1.43 bits per heavy atom. The number of amides is 1. The number of nitrogens with one attached hydrogen (secondary N) is 1. The van der Waals surface area contributed by atoms with E-state index in [4.69, 9.17) is 10.5 Å². The second-order valence-corrected chi connectivity index (χ2v) is 7.23. The van der Waals surface area contributed by atoms with Crippen LogP contribution >= 0.6 is 0 Å². The second-order valence-electron chi connectivity index (χ2n) is 7.23. The molecule has 3 rings (SSSR count). The molecule has 3 atom stereocenters. The van der Waals surface area contributed by atoms with Crippen molar-refractivity contribution in [2.24, 2.45) is 17.1 Å². The Morgan fingerprint density at radius 2 is 2.17 bits per heavy atom. The Kier molecular flexibility index (Phi) is 4.19. The average Bonchev–Trinajstić information content (AvgIpc) is 2.55. The minimum absolute atomic E-state index is 0.0542. The average molecular weight is 320 g/mol. The number of rotatable bonds is 4. The molecule has 1 saturated heterocycles. The van der Waals surface area contributed by atoms with Crippen molar-refractivity contribution < 1.29 is 13.9 Å². The Balaban J connectivity index is 1.62. The van der Waals surface area contributed by atoms with Crippen LogP contribution in [-0.4, -0.2) is 30.7 Å². The monoisotopic (exact) mass is 320 g/mol. The van der Waals surface area contributed by atoms with Crippen LogP contribution < -0.4 is 11.1 Å². The molecule has 5 heteroatoms. The van der Waals surface area contributed by atoms with Crippen molar-refractivity contribution in [3.05, 3.63) is 35.6 Å². The third-order valence-corrected chi connectivity index (χ3v) is 5.70. The number of fused-ring (bicyclic) bond motifs is 1. The highest BCUT2D eigenvalue weighted by Gasteiger charge is 2.70. The van der Waals surface area contributed by atoms with Gasteiger partial charge in [-0.05, 0) is 30.9 Å². The van der Waals surface area contributed by atoms with Crippen molar-refractivity contribution in [1.82, 2.24) is 5.32 Å². The number of halogens is 1. The lowest BCUT2D eigenvalue weighted by molar-refractivity contribution is -0.225. The number of carbonyl (C=O) groups is 1. The van der Waals surface area contributed by atoms with Crippen molar-refractivity contribution in [3.63, 3.8) is 0 Å². The standard InChI is InChI=1S/C18H25FN2O2/c1-17(2)15-13(7-5-11-23-15)18(17,20)16(22)21-10-9-12-6-3-4-8-14(12)19/h3-4,6,8,13,15H,5,7,9-11,20H2,1-2H3,(H,21,22). The molecule has 23 heavy (non-hydrogen) atoms. The van der Waals surface area contributed by atoms with Gasteiger partial charge in [-0.3, -0.25) is 4.79 Å². The van der Waals surface area contributed by atoms with Gasteiger partial charge in [-0.15, -0.1) is 0 Å². The summed E-state index contributed by atoms with van der Waals surface area (Å²) in [5.74, 6) is -0.320. The van der Waals surface area contributed by atoms with E-state index < -0.39 is 5.54 Å². The van der Waals surface area contributed by atoms with Gasteiger partial charge in [0.2, 0.25) is 5.91 Å². The van der Waals surface area contributed by atoms with Gasteiger partial charge in [-0.2, -0.15) is 0 Å². The first-order chi connectivity index (χ1) is 10.9. The molecule has 1 heterocycles. The fourth-order valence-corrected chi connectivity index (χ4v) is 4.19. The molecule has 3 N–H and O–H groups in total. The molecule has 4 nitrogen and oxygen atoms in total. The van der Waals surface area contributed by atoms with E-state index >= 15 is 0 Å². The quantitative estimate of drug-likeness (QED) is 0.892. The van der Waals surface area contributed by atoms with E-state index in [0.29, 0.717) is 18.5 Å². The maximum Gasteiger partial charge on any atom is 0.241 e. The zero-order valence-corrected chi connectivity index (χ0v) is 13.8. The smallest absolute Gasteiger partial charge is 0.241 e. The summed E-state index contributed by atoms with van der Waals surface area (Å²) in [5, 5.41) is 2.90. The van der Waals surface area contributed by atoms with Gasteiger partial charge < -0.3 is 15.8 Å². The molecule has 1 aliphatic carbocycles. The maximum absolute atomic E-state index is 13.6. The number of hydrogen-bond donors (Lipinski definition) is 2. The van der Waals surface area contributed by atoms with E-state index in [1.54, 1.807) is 18.2 Å². The van der Waals surface area contributed by atoms with Crippen molar-refractivity contribution in [2.45, 2.75) is 44.8 Å². The van der Waals surface area contributed by atoms with Gasteiger partial charge >= 0.3 is 0 Å². The highest BCUT2D eigenvalue weighted by Crippen LogP contribution is 2.57. The lowest BCUT2D eigenvalue weighted by Crippen LogP contribution is -2.82. The van der Waals surface area contributed by atoms with Crippen LogP contribution in [0.4, 0.5) is 4.39 Å². The van der Waals surface area contributed by atoms with E-state index in [1.165, 1.54) is 6.07 Å². The predicted molar refractivity (Wildman–Crippen MR) is 86.3 cm³/mol. The lowest BCUT2D eigenvalue weighted by atomic mass is 9.46. The third kappa shape index (κ3) is 2.46. The van der Waals surface area contributed by atoms with Crippen LogP contribution in [0.3, 0.4) is 0 Å². The van der Waals surface area contributed by atoms with Crippen LogP contribution in [0.25, 0.3) is 0 Å². The van der Waals surface area contributed by atoms with Gasteiger partial charge in [0.05, 0.1) is 6.10 Å². The van der Waals surface area contributed by atoms with E-state index in [0.717, 1.165) is 19.4 Å². The van der Waals surface area contributed by atoms with Crippen LogP contribution in [0.1, 0.15) is 32.3 Å². The summed E-state index contributed by atoms with van der Waals surface area (Å²) in [6, 6.07) is 6.62. The summed E-state index contributed by atoms with van der Waals surface area (Å²) in [6.07, 6.45) is 2.38. The minimum atomic E-state index is -0.909. The summed E-state index contributed by atoms with van der Waals surface area (Å²) < 4.78 is 19.4. The van der Waals surface area contributed by atoms with Gasteiger partial charge in [-0.1, -0.05) is 32.0 Å². The molecule has 0 spiro atoms. The van der Waals surface area contributed by atoms with E-state index in [-0.39, 0.29) is 29.2 Å². The Morgan fingerprint density at radius 3 is 2.91 bits per heavy atom. The zero-order valence-electron chi connectivity index (χ0n) is 13.8. The first-order valence-corrected chi connectivity index (χ1v) is 8.31. The van der Waals surface area contributed by atoms with Crippen molar-refractivity contribution in [2.75, 3.05) is 13.2 Å². The van der Waals surface area contributed by atoms with Crippen LogP contribution in [0.15, 0.2) is 24.3 Å². The first-order valence-electron chi connectivity index (χ1n) is 8.31. The fourth-order valence-electron chi connectivity index (χ4n) is 4.19. The first kappa shape index (κ1) is 16.4. The Labute approximate surface area is 136 Å². The fraction of sp³-hybridized carbons (Fsp3) is 0.611. The molecular formula is C18H25FN2O2. The molecule has 1 aliphatic heterocycles. The molecule has 2 fully saturated rings. The summed E-state index contributed by atoms with van der Waals surface area (Å²) in [7, 11) is 0. The van der Waals surface area contributed by atoms with Gasteiger partial charge in [0, 0.05) is 24.5 Å². The van der Waals surface area contributed by atoms with E-state index in [9.17, 15) is 9.18 Å². The summed E-state index contributed by atoms with van der Waals surface area (Å²) >= 11 is 0. The van der Waals surface area contributed by atoms with Crippen LogP contribution in [0.2, 0.25) is 0 Å². The third-order valence-electron chi connectivity index (χ3n) is 5.70. The number of carbonyl (C=O) groups excluding carboxylic acids is 1. The summed E-state index contributed by atoms with van der Waals surface area (Å²) in [6.45, 7) is 5.12. The SMILES string of the molecule is CC1(C)C2OCCCC2C1(N)C(=O)NCCc1ccccc1F. The normalized spacial score (nSPS) is 31.8. The molecule has 1 saturated carbocycles. The molecule has 1 aromatic carbocycles. The molecule has 126 valence electrons. The Bertz CT molecular complexity index is 604. The highest BCUT2D eigenvalue weighted by molar-refractivity contribution is 5.89. The molecule has 1 amide bonds. The van der Waals surface area contributed by atoms with E-state index in [1.807, 2.05) is 13.8 Å². The topological polar surface area (TPSA) is 64.3 Å². The highest BCUT2D eigenvalue weighted by atomic mass is 19.1. The second kappa shape index (κ2) is 5.87. The van der Waals surface area contributed by atoms with Crippen LogP contribution in [-0.2, 0) is 16.0 Å². The molecule has 0 radical (unpaired) electrons. The molecule has 3 unspecified atom stereocenters. The van der Waals surface area contributed by atoms with Crippen LogP contribution in [0.5, 0.6) is 0 Å². The zero-order chi connectivity index (χ0) is 16.7. The largest absolute Gasteiger partial charge is 0.377 e. The van der Waals surface area contributed by atoms with Crippen LogP contribution in [0, 0.1) is 17.2 Å². The van der Waals surface area contributed by atoms with Crippen molar-refractivity contribution in [3.8, 4) is 0 Å². The van der Waals surface area contributed by atoms with Gasteiger partial charge in [0.15, 0.2) is 0 Å². The van der Waals surface area contributed by atoms with Gasteiger partial charge in [-0.25, -0.2) is 4.39 Å². The minimum Gasteiger partial charge on any atom is -0.377 e.